The highest BCUT2D eigenvalue weighted by atomic mass is 35.5. The molecule has 4 N–H and O–H groups in total. The molecule has 1 fully saturated rings. The van der Waals surface area contributed by atoms with Crippen molar-refractivity contribution in [2.75, 3.05) is 38.1 Å². The minimum Gasteiger partial charge on any atom is -0.361 e. The summed E-state index contributed by atoms with van der Waals surface area (Å²) in [7, 11) is 2.06. The Bertz CT molecular complexity index is 1660. The molecule has 4 aromatic rings. The number of piperidine rings is 1. The van der Waals surface area contributed by atoms with Crippen LogP contribution in [-0.2, 0) is 17.6 Å². The van der Waals surface area contributed by atoms with Crippen molar-refractivity contribution in [1.82, 2.24) is 15.2 Å². The van der Waals surface area contributed by atoms with Crippen LogP contribution < -0.4 is 15.5 Å². The van der Waals surface area contributed by atoms with Gasteiger partial charge in [-0.15, -0.1) is 0 Å². The number of hydrogen-bond donors (Lipinski definition) is 3. The number of halogens is 1. The number of carbonyl (C=O) groups excluding carboxylic acids is 2. The van der Waals surface area contributed by atoms with Gasteiger partial charge in [0.2, 0.25) is 5.91 Å². The van der Waals surface area contributed by atoms with E-state index in [-0.39, 0.29) is 23.8 Å². The van der Waals surface area contributed by atoms with E-state index in [4.69, 9.17) is 11.6 Å². The summed E-state index contributed by atoms with van der Waals surface area (Å²) in [5, 5.41) is 7.15. The van der Waals surface area contributed by atoms with Gasteiger partial charge in [-0.1, -0.05) is 67.9 Å². The average molecular weight is 627 g/mol. The number of fused-ring (bicyclic) bond motifs is 2. The van der Waals surface area contributed by atoms with Crippen LogP contribution in [0.1, 0.15) is 60.8 Å². The van der Waals surface area contributed by atoms with Gasteiger partial charge in [-0.3, -0.25) is 4.79 Å². The lowest BCUT2D eigenvalue weighted by Crippen LogP contribution is -2.82. The molecule has 0 aliphatic carbocycles. The minimum absolute atomic E-state index is 0.0863. The number of H-pyrrole nitrogens is 1. The zero-order valence-corrected chi connectivity index (χ0v) is 27.3. The Hall–Kier alpha value is -3.81. The maximum absolute atomic E-state index is 14.7. The number of quaternary nitrogens is 1. The third kappa shape index (κ3) is 6.61. The molecule has 3 amide bonds. The normalized spacial score (nSPS) is 18.4. The maximum atomic E-state index is 14.7. The SMILES string of the molecule is CCc1cccc(C2CCN(C(=O)NC(C(=O)N3C[C@@H](C[NH2+]C)Cc4cc(Cl)ccc43)C(C)c3c[nH]c4ccccc34)CC2)c1. The zero-order chi connectivity index (χ0) is 31.5. The molecule has 8 heteroatoms. The van der Waals surface area contributed by atoms with Crippen LogP contribution in [0.4, 0.5) is 10.5 Å². The van der Waals surface area contributed by atoms with Gasteiger partial charge >= 0.3 is 6.03 Å². The quantitative estimate of drug-likeness (QED) is 0.229. The Morgan fingerprint density at radius 2 is 1.87 bits per heavy atom. The van der Waals surface area contributed by atoms with Crippen LogP contribution in [0.3, 0.4) is 0 Å². The van der Waals surface area contributed by atoms with Crippen molar-refractivity contribution in [3.8, 4) is 0 Å². The lowest BCUT2D eigenvalue weighted by Gasteiger charge is -2.38. The van der Waals surface area contributed by atoms with Gasteiger partial charge in [0.15, 0.2) is 0 Å². The van der Waals surface area contributed by atoms with E-state index in [1.165, 1.54) is 11.1 Å². The van der Waals surface area contributed by atoms with Crippen molar-refractivity contribution in [2.24, 2.45) is 5.92 Å². The number of carbonyl (C=O) groups is 2. The highest BCUT2D eigenvalue weighted by Crippen LogP contribution is 2.35. The number of hydrogen-bond acceptors (Lipinski definition) is 2. The predicted molar refractivity (Wildman–Crippen MR) is 182 cm³/mol. The summed E-state index contributed by atoms with van der Waals surface area (Å²) >= 11 is 6.41. The molecular weight excluding hydrogens is 582 g/mol. The van der Waals surface area contributed by atoms with E-state index in [1.54, 1.807) is 0 Å². The molecule has 2 aliphatic heterocycles. The van der Waals surface area contributed by atoms with Crippen molar-refractivity contribution in [1.29, 1.82) is 0 Å². The molecule has 3 atom stereocenters. The summed E-state index contributed by atoms with van der Waals surface area (Å²) < 4.78 is 0. The number of amides is 3. The molecule has 2 unspecified atom stereocenters. The molecule has 6 rings (SSSR count). The summed E-state index contributed by atoms with van der Waals surface area (Å²) in [4.78, 5) is 35.8. The number of nitrogens with two attached hydrogens (primary N) is 1. The number of aromatic nitrogens is 1. The number of likely N-dealkylation sites (tertiary alicyclic amines) is 1. The number of benzene rings is 3. The summed E-state index contributed by atoms with van der Waals surface area (Å²) in [6.07, 6.45) is 5.69. The Morgan fingerprint density at radius 1 is 1.07 bits per heavy atom. The average Bonchev–Trinajstić information content (AvgIpc) is 3.50. The van der Waals surface area contributed by atoms with Crippen molar-refractivity contribution in [3.05, 3.63) is 100 Å². The van der Waals surface area contributed by atoms with Crippen molar-refractivity contribution >= 4 is 40.1 Å². The van der Waals surface area contributed by atoms with Gasteiger partial charge in [-0.2, -0.15) is 0 Å². The molecule has 3 aromatic carbocycles. The number of nitrogens with one attached hydrogen (secondary N) is 2. The van der Waals surface area contributed by atoms with Gasteiger partial charge in [0, 0.05) is 59.3 Å². The number of aromatic amines is 1. The lowest BCUT2D eigenvalue weighted by molar-refractivity contribution is -0.632. The maximum Gasteiger partial charge on any atom is 0.318 e. The zero-order valence-electron chi connectivity index (χ0n) is 26.6. The summed E-state index contributed by atoms with van der Waals surface area (Å²) in [6.45, 7) is 7.06. The van der Waals surface area contributed by atoms with Crippen LogP contribution in [0.15, 0.2) is 72.9 Å². The fourth-order valence-corrected chi connectivity index (χ4v) is 7.53. The summed E-state index contributed by atoms with van der Waals surface area (Å²) in [5.74, 6) is 0.375. The van der Waals surface area contributed by atoms with Crippen LogP contribution >= 0.6 is 11.6 Å². The third-order valence-corrected chi connectivity index (χ3v) is 10.1. The van der Waals surface area contributed by atoms with Gasteiger partial charge in [0.25, 0.3) is 0 Å². The van der Waals surface area contributed by atoms with Crippen LogP contribution in [0.5, 0.6) is 0 Å². The Balaban J connectivity index is 1.27. The van der Waals surface area contributed by atoms with E-state index in [2.05, 4.69) is 66.8 Å². The number of para-hydroxylation sites is 1. The van der Waals surface area contributed by atoms with E-state index in [0.29, 0.717) is 30.6 Å². The molecule has 2 aliphatic rings. The fourth-order valence-electron chi connectivity index (χ4n) is 7.34. The number of nitrogens with zero attached hydrogens (tertiary/aromatic N) is 2. The van der Waals surface area contributed by atoms with Crippen molar-refractivity contribution < 1.29 is 14.9 Å². The first-order chi connectivity index (χ1) is 21.9. The highest BCUT2D eigenvalue weighted by molar-refractivity contribution is 6.30. The molecule has 0 bridgehead atoms. The standard InChI is InChI=1S/C37H44ClN5O2/c1-4-25-8-7-9-28(18-25)27-14-16-42(17-15-27)37(45)41-35(24(2)32-22-40-33-11-6-5-10-31(32)33)36(44)43-23-26(21-39-3)19-29-20-30(38)12-13-34(29)43/h5-13,18,20,22,24,26-27,35,39-40H,4,14-17,19,21,23H2,1-3H3,(H,41,45)/p+1/t24?,26-,35?/m1/s1. The molecule has 7 nitrogen and oxygen atoms in total. The molecule has 3 heterocycles. The van der Waals surface area contributed by atoms with E-state index < -0.39 is 6.04 Å². The van der Waals surface area contributed by atoms with Gasteiger partial charge < -0.3 is 25.4 Å². The van der Waals surface area contributed by atoms with Crippen LogP contribution in [-0.4, -0.2) is 61.1 Å². The first-order valence-corrected chi connectivity index (χ1v) is 16.8. The van der Waals surface area contributed by atoms with E-state index >= 15 is 0 Å². The fraction of sp³-hybridized carbons (Fsp3) is 0.405. The molecule has 0 radical (unpaired) electrons. The highest BCUT2D eigenvalue weighted by Gasteiger charge is 2.38. The van der Waals surface area contributed by atoms with Gasteiger partial charge in [-0.05, 0) is 78.1 Å². The number of aryl methyl sites for hydroxylation is 1. The van der Waals surface area contributed by atoms with Crippen LogP contribution in [0.25, 0.3) is 10.9 Å². The van der Waals surface area contributed by atoms with Gasteiger partial charge in [0.1, 0.15) is 6.04 Å². The molecule has 1 aromatic heterocycles. The van der Waals surface area contributed by atoms with Crippen LogP contribution in [0.2, 0.25) is 5.02 Å². The summed E-state index contributed by atoms with van der Waals surface area (Å²) in [5.41, 5.74) is 6.71. The third-order valence-electron chi connectivity index (χ3n) is 9.89. The van der Waals surface area contributed by atoms with E-state index in [9.17, 15) is 9.59 Å². The van der Waals surface area contributed by atoms with Crippen molar-refractivity contribution in [2.45, 2.75) is 57.4 Å². The topological polar surface area (TPSA) is 85.1 Å². The van der Waals surface area contributed by atoms with Gasteiger partial charge in [0.05, 0.1) is 13.6 Å². The number of rotatable bonds is 8. The van der Waals surface area contributed by atoms with Crippen LogP contribution in [0, 0.1) is 5.92 Å². The predicted octanol–water partition coefficient (Wildman–Crippen LogP) is 5.84. The second-order valence-electron chi connectivity index (χ2n) is 12.8. The minimum atomic E-state index is -0.747. The smallest absolute Gasteiger partial charge is 0.318 e. The molecular formula is C37H45ClN5O2+. The lowest BCUT2D eigenvalue weighted by atomic mass is 9.88. The summed E-state index contributed by atoms with van der Waals surface area (Å²) in [6, 6.07) is 21.8. The number of anilines is 1. The Labute approximate surface area is 271 Å². The number of urea groups is 1. The molecule has 0 spiro atoms. The van der Waals surface area contributed by atoms with E-state index in [0.717, 1.165) is 59.9 Å². The van der Waals surface area contributed by atoms with Crippen molar-refractivity contribution in [3.63, 3.8) is 0 Å². The molecule has 45 heavy (non-hydrogen) atoms. The van der Waals surface area contributed by atoms with E-state index in [1.807, 2.05) is 52.4 Å². The Morgan fingerprint density at radius 3 is 2.64 bits per heavy atom. The first kappa shape index (κ1) is 31.2. The molecule has 0 saturated carbocycles. The molecule has 236 valence electrons. The second-order valence-corrected chi connectivity index (χ2v) is 13.2. The Kier molecular flexibility index (Phi) is 9.47. The van der Waals surface area contributed by atoms with Gasteiger partial charge in [-0.25, -0.2) is 4.79 Å². The monoisotopic (exact) mass is 626 g/mol. The second kappa shape index (κ2) is 13.7. The largest absolute Gasteiger partial charge is 0.361 e. The molecule has 1 saturated heterocycles. The first-order valence-electron chi connectivity index (χ1n) is 16.4.